The number of amides is 1. The van der Waals surface area contributed by atoms with Crippen LogP contribution in [0.1, 0.15) is 36.9 Å². The Labute approximate surface area is 194 Å². The number of carbonyl (C=O) groups excluding carboxylic acids is 1. The van der Waals surface area contributed by atoms with Gasteiger partial charge in [0.1, 0.15) is 11.5 Å². The molecule has 7 nitrogen and oxygen atoms in total. The lowest BCUT2D eigenvalue weighted by atomic mass is 9.96. The number of nitrogens with one attached hydrogen (secondary N) is 1. The van der Waals surface area contributed by atoms with Gasteiger partial charge in [0.25, 0.3) is 0 Å². The second kappa shape index (κ2) is 10.6. The Hall–Kier alpha value is -2.29. The molecule has 0 bridgehead atoms. The van der Waals surface area contributed by atoms with Crippen LogP contribution in [0.2, 0.25) is 5.02 Å². The summed E-state index contributed by atoms with van der Waals surface area (Å²) in [6, 6.07) is 12.1. The smallest absolute Gasteiger partial charge is 0.223 e. The minimum absolute atomic E-state index is 0.0921. The Bertz CT molecular complexity index is 1050. The predicted molar refractivity (Wildman–Crippen MR) is 124 cm³/mol. The second-order valence-corrected chi connectivity index (χ2v) is 10.2. The van der Waals surface area contributed by atoms with Gasteiger partial charge in [0.2, 0.25) is 15.9 Å². The molecule has 174 valence electrons. The van der Waals surface area contributed by atoms with Gasteiger partial charge >= 0.3 is 0 Å². The van der Waals surface area contributed by atoms with Crippen molar-refractivity contribution in [3.05, 3.63) is 58.6 Å². The number of benzene rings is 2. The van der Waals surface area contributed by atoms with E-state index in [1.807, 2.05) is 13.0 Å². The van der Waals surface area contributed by atoms with Crippen LogP contribution < -0.4 is 14.8 Å². The first kappa shape index (κ1) is 24.4. The summed E-state index contributed by atoms with van der Waals surface area (Å²) in [6.45, 7) is 2.50. The van der Waals surface area contributed by atoms with Crippen LogP contribution in [0.25, 0.3) is 0 Å². The Morgan fingerprint density at radius 1 is 1.16 bits per heavy atom. The number of ether oxygens (including phenoxy) is 2. The molecule has 1 aliphatic rings. The van der Waals surface area contributed by atoms with Crippen molar-refractivity contribution in [2.45, 2.75) is 31.6 Å². The molecule has 0 unspecified atom stereocenters. The molecule has 0 saturated carbocycles. The third-order valence-corrected chi connectivity index (χ3v) is 7.97. The molecule has 0 aromatic heterocycles. The maximum Gasteiger partial charge on any atom is 0.223 e. The number of rotatable bonds is 8. The van der Waals surface area contributed by atoms with E-state index in [9.17, 15) is 13.2 Å². The number of nitrogens with zero attached hydrogens (tertiary/aromatic N) is 1. The van der Waals surface area contributed by atoms with Crippen LogP contribution in [0.4, 0.5) is 0 Å². The minimum atomic E-state index is -3.50. The van der Waals surface area contributed by atoms with Gasteiger partial charge in [-0.1, -0.05) is 29.8 Å². The zero-order valence-electron chi connectivity index (χ0n) is 18.5. The Balaban J connectivity index is 1.59. The Kier molecular flexibility index (Phi) is 8.03. The first-order valence-corrected chi connectivity index (χ1v) is 12.5. The molecule has 1 aliphatic heterocycles. The summed E-state index contributed by atoms with van der Waals surface area (Å²) in [4.78, 5) is 12.9. The van der Waals surface area contributed by atoms with Gasteiger partial charge in [-0.05, 0) is 49.6 Å². The minimum Gasteiger partial charge on any atom is -0.497 e. The van der Waals surface area contributed by atoms with Crippen LogP contribution >= 0.6 is 11.6 Å². The van der Waals surface area contributed by atoms with Gasteiger partial charge in [-0.25, -0.2) is 12.7 Å². The lowest BCUT2D eigenvalue weighted by Gasteiger charge is -2.31. The molecule has 1 N–H and O–H groups in total. The van der Waals surface area contributed by atoms with Gasteiger partial charge < -0.3 is 14.8 Å². The molecular weight excluding hydrogens is 452 g/mol. The average molecular weight is 481 g/mol. The highest BCUT2D eigenvalue weighted by Crippen LogP contribution is 2.30. The third kappa shape index (κ3) is 5.74. The lowest BCUT2D eigenvalue weighted by Crippen LogP contribution is -2.43. The third-order valence-electron chi connectivity index (χ3n) is 5.78. The van der Waals surface area contributed by atoms with Gasteiger partial charge in [0.15, 0.2) is 0 Å². The van der Waals surface area contributed by atoms with Crippen molar-refractivity contribution in [3.8, 4) is 11.5 Å². The van der Waals surface area contributed by atoms with Crippen molar-refractivity contribution in [2.24, 2.45) is 5.92 Å². The van der Waals surface area contributed by atoms with E-state index in [1.165, 1.54) is 4.31 Å². The average Bonchev–Trinajstić information content (AvgIpc) is 2.80. The fraction of sp³-hybridized carbons (Fsp3) is 0.435. The van der Waals surface area contributed by atoms with E-state index in [1.54, 1.807) is 50.6 Å². The van der Waals surface area contributed by atoms with Crippen molar-refractivity contribution in [3.63, 3.8) is 0 Å². The van der Waals surface area contributed by atoms with E-state index >= 15 is 0 Å². The summed E-state index contributed by atoms with van der Waals surface area (Å²) in [5.74, 6) is 0.861. The van der Waals surface area contributed by atoms with E-state index in [2.05, 4.69) is 5.32 Å². The van der Waals surface area contributed by atoms with E-state index in [4.69, 9.17) is 21.1 Å². The van der Waals surface area contributed by atoms with Crippen molar-refractivity contribution < 1.29 is 22.7 Å². The Morgan fingerprint density at radius 2 is 1.84 bits per heavy atom. The highest BCUT2D eigenvalue weighted by atomic mass is 35.5. The molecule has 9 heteroatoms. The zero-order valence-corrected chi connectivity index (χ0v) is 20.1. The fourth-order valence-electron chi connectivity index (χ4n) is 3.89. The van der Waals surface area contributed by atoms with E-state index in [0.717, 1.165) is 5.56 Å². The molecule has 0 aliphatic carbocycles. The lowest BCUT2D eigenvalue weighted by molar-refractivity contribution is -0.126. The van der Waals surface area contributed by atoms with E-state index < -0.39 is 10.0 Å². The van der Waals surface area contributed by atoms with Crippen LogP contribution in [-0.2, 0) is 20.6 Å². The van der Waals surface area contributed by atoms with Crippen LogP contribution in [0.5, 0.6) is 11.5 Å². The summed E-state index contributed by atoms with van der Waals surface area (Å²) in [6.07, 6.45) is 0.936. The molecule has 2 aromatic carbocycles. The number of methoxy groups -OCH3 is 2. The zero-order chi connectivity index (χ0) is 23.3. The number of halogens is 1. The van der Waals surface area contributed by atoms with Crippen molar-refractivity contribution in [1.29, 1.82) is 0 Å². The number of sulfonamides is 1. The van der Waals surface area contributed by atoms with Gasteiger partial charge in [-0.2, -0.15) is 0 Å². The van der Waals surface area contributed by atoms with Gasteiger partial charge in [0, 0.05) is 29.6 Å². The number of carbonyl (C=O) groups is 1. The molecule has 0 radical (unpaired) electrons. The molecule has 0 spiro atoms. The van der Waals surface area contributed by atoms with Gasteiger partial charge in [0.05, 0.1) is 26.0 Å². The van der Waals surface area contributed by atoms with Gasteiger partial charge in [-0.3, -0.25) is 4.79 Å². The molecule has 3 rings (SSSR count). The van der Waals surface area contributed by atoms with Crippen LogP contribution in [0.3, 0.4) is 0 Å². The van der Waals surface area contributed by atoms with Crippen molar-refractivity contribution in [2.75, 3.05) is 27.3 Å². The largest absolute Gasteiger partial charge is 0.497 e. The first-order valence-electron chi connectivity index (χ1n) is 10.5. The van der Waals surface area contributed by atoms with Crippen molar-refractivity contribution in [1.82, 2.24) is 9.62 Å². The van der Waals surface area contributed by atoms with Gasteiger partial charge in [-0.15, -0.1) is 0 Å². The van der Waals surface area contributed by atoms with Crippen LogP contribution in [0.15, 0.2) is 42.5 Å². The number of hydrogen-bond donors (Lipinski definition) is 1. The standard InChI is InChI=1S/C23H29ClN2O5S/c1-16(20-14-19(30-2)8-9-22(20)31-3)25-23(27)17-10-12-26(13-11-17)32(28,29)15-18-6-4-5-7-21(18)24/h4-9,14,16-17H,10-13,15H2,1-3H3,(H,25,27)/t16-/m1/s1. The maximum atomic E-state index is 12.9. The summed E-state index contributed by atoms with van der Waals surface area (Å²) < 4.78 is 37.8. The summed E-state index contributed by atoms with van der Waals surface area (Å²) in [7, 11) is -0.336. The highest BCUT2D eigenvalue weighted by molar-refractivity contribution is 7.88. The molecular formula is C23H29ClN2O5S. The first-order chi connectivity index (χ1) is 15.2. The van der Waals surface area contributed by atoms with E-state index in [0.29, 0.717) is 48.0 Å². The van der Waals surface area contributed by atoms with Crippen LogP contribution in [0, 0.1) is 5.92 Å². The molecule has 1 fully saturated rings. The topological polar surface area (TPSA) is 84.9 Å². The molecule has 1 heterocycles. The predicted octanol–water partition coefficient (Wildman–Crippen LogP) is 3.78. The normalized spacial score (nSPS) is 16.4. The molecule has 1 atom stereocenters. The molecule has 2 aromatic rings. The van der Waals surface area contributed by atoms with Crippen LogP contribution in [-0.4, -0.2) is 45.9 Å². The number of piperidine rings is 1. The number of hydrogen-bond acceptors (Lipinski definition) is 5. The quantitative estimate of drug-likeness (QED) is 0.621. The summed E-state index contributed by atoms with van der Waals surface area (Å²) in [5, 5.41) is 3.47. The Morgan fingerprint density at radius 3 is 2.47 bits per heavy atom. The SMILES string of the molecule is COc1ccc(OC)c([C@@H](C)NC(=O)C2CCN(S(=O)(=O)Cc3ccccc3Cl)CC2)c1. The highest BCUT2D eigenvalue weighted by Gasteiger charge is 2.32. The summed E-state index contributed by atoms with van der Waals surface area (Å²) >= 11 is 6.12. The molecule has 32 heavy (non-hydrogen) atoms. The maximum absolute atomic E-state index is 12.9. The monoisotopic (exact) mass is 480 g/mol. The van der Waals surface area contributed by atoms with E-state index in [-0.39, 0.29) is 23.6 Å². The molecule has 1 saturated heterocycles. The second-order valence-electron chi connectivity index (χ2n) is 7.86. The molecule has 1 amide bonds. The van der Waals surface area contributed by atoms with Crippen molar-refractivity contribution >= 4 is 27.5 Å². The summed E-state index contributed by atoms with van der Waals surface area (Å²) in [5.41, 5.74) is 1.40. The fourth-order valence-corrected chi connectivity index (χ4v) is 5.76.